The van der Waals surface area contributed by atoms with Crippen LogP contribution in [0.25, 0.3) is 0 Å². The Bertz CT molecular complexity index is 702. The van der Waals surface area contributed by atoms with Crippen molar-refractivity contribution < 1.29 is 8.78 Å². The second kappa shape index (κ2) is 11.6. The lowest BCUT2D eigenvalue weighted by atomic mass is 9.92. The highest BCUT2D eigenvalue weighted by Gasteiger charge is 2.28. The minimum Gasteiger partial charge on any atom is -0.262 e. The average molecular weight is 374 g/mol. The van der Waals surface area contributed by atoms with Crippen LogP contribution in [0.3, 0.4) is 0 Å². The molecular formula is C24H33F2N. The summed E-state index contributed by atoms with van der Waals surface area (Å²) >= 11 is 0. The molecule has 1 aliphatic carbocycles. The van der Waals surface area contributed by atoms with E-state index < -0.39 is 11.6 Å². The van der Waals surface area contributed by atoms with E-state index in [1.54, 1.807) is 6.20 Å². The molecule has 0 heterocycles. The van der Waals surface area contributed by atoms with E-state index in [4.69, 9.17) is 0 Å². The summed E-state index contributed by atoms with van der Waals surface area (Å²) in [7, 11) is 0. The molecule has 0 unspecified atom stereocenters. The van der Waals surface area contributed by atoms with Crippen molar-refractivity contribution in [1.82, 2.24) is 0 Å². The predicted octanol–water partition coefficient (Wildman–Crippen LogP) is 7.59. The van der Waals surface area contributed by atoms with Crippen LogP contribution in [0, 0.1) is 17.6 Å². The molecule has 0 N–H and O–H groups in total. The first kappa shape index (κ1) is 23.0. The number of halogens is 2. The van der Waals surface area contributed by atoms with Crippen LogP contribution in [0.2, 0.25) is 0 Å². The van der Waals surface area contributed by atoms with Crippen LogP contribution in [0.5, 0.6) is 0 Å². The van der Waals surface area contributed by atoms with Crippen molar-refractivity contribution >= 4 is 5.71 Å². The third kappa shape index (κ3) is 7.62. The van der Waals surface area contributed by atoms with Crippen molar-refractivity contribution in [3.05, 3.63) is 71.0 Å². The Morgan fingerprint density at radius 3 is 2.15 bits per heavy atom. The Morgan fingerprint density at radius 2 is 1.74 bits per heavy atom. The first-order valence-corrected chi connectivity index (χ1v) is 9.84. The van der Waals surface area contributed by atoms with Crippen molar-refractivity contribution in [1.29, 1.82) is 0 Å². The van der Waals surface area contributed by atoms with E-state index in [2.05, 4.69) is 45.3 Å². The maximum Gasteiger partial charge on any atom is 0.126 e. The highest BCUT2D eigenvalue weighted by atomic mass is 19.1. The minimum absolute atomic E-state index is 0.492. The van der Waals surface area contributed by atoms with E-state index in [1.807, 2.05) is 6.92 Å². The van der Waals surface area contributed by atoms with Crippen molar-refractivity contribution in [3.8, 4) is 0 Å². The molecule has 0 saturated heterocycles. The van der Waals surface area contributed by atoms with Crippen molar-refractivity contribution in [2.24, 2.45) is 10.9 Å². The fourth-order valence-electron chi connectivity index (χ4n) is 3.16. The second-order valence-electron chi connectivity index (χ2n) is 6.95. The van der Waals surface area contributed by atoms with Gasteiger partial charge < -0.3 is 0 Å². The Labute approximate surface area is 163 Å². The van der Waals surface area contributed by atoms with Gasteiger partial charge in [0.1, 0.15) is 11.6 Å². The molecule has 0 aromatic heterocycles. The molecule has 0 radical (unpaired) electrons. The smallest absolute Gasteiger partial charge is 0.126 e. The molecule has 0 bridgehead atoms. The average Bonchev–Trinajstić information content (AvgIpc) is 3.44. The van der Waals surface area contributed by atoms with E-state index in [9.17, 15) is 8.78 Å². The molecule has 3 heteroatoms. The maximum absolute atomic E-state index is 12.5. The Kier molecular flexibility index (Phi) is 9.92. The molecule has 0 amide bonds. The van der Waals surface area contributed by atoms with Gasteiger partial charge in [0, 0.05) is 18.0 Å². The zero-order valence-electron chi connectivity index (χ0n) is 17.4. The fraction of sp³-hybridized carbons (Fsp3) is 0.458. The molecule has 1 fully saturated rings. The molecule has 2 rings (SSSR count). The summed E-state index contributed by atoms with van der Waals surface area (Å²) in [6.07, 6.45) is 9.29. The lowest BCUT2D eigenvalue weighted by Gasteiger charge is -2.14. The van der Waals surface area contributed by atoms with Crippen LogP contribution >= 0.6 is 0 Å². The van der Waals surface area contributed by atoms with Gasteiger partial charge in [0.25, 0.3) is 0 Å². The van der Waals surface area contributed by atoms with Crippen LogP contribution in [-0.2, 0) is 6.42 Å². The summed E-state index contributed by atoms with van der Waals surface area (Å²) in [6, 6.07) is 3.62. The summed E-state index contributed by atoms with van der Waals surface area (Å²) in [5, 5.41) is 0. The Balaban J connectivity index is 0.000000289. The molecule has 1 aromatic rings. The molecule has 1 nitrogen and oxygen atoms in total. The maximum atomic E-state index is 12.5. The lowest BCUT2D eigenvalue weighted by molar-refractivity contribution is 0.579. The van der Waals surface area contributed by atoms with E-state index in [0.29, 0.717) is 0 Å². The Hall–Kier alpha value is -2.03. The molecule has 0 atom stereocenters. The minimum atomic E-state index is -0.492. The van der Waals surface area contributed by atoms with Gasteiger partial charge in [-0.2, -0.15) is 0 Å². The molecule has 1 saturated carbocycles. The fourth-order valence-corrected chi connectivity index (χ4v) is 3.16. The standard InChI is InChI=1S/C15H23N.C9H10F2/c1-6-11(4)15(12(5)16-8-3)14(7-2)13-9-10-13;1-2-3-7-4-8(10)6-9(11)5-7/h7-8,13H,3,6,9-10H2,1-2,4-5H3;4-6H,2-3H2,1H3/b14-7-,15-11-,16-12?;. The number of aliphatic imine (C=N–C) groups is 1. The summed E-state index contributed by atoms with van der Waals surface area (Å²) < 4.78 is 25.0. The monoisotopic (exact) mass is 373 g/mol. The van der Waals surface area contributed by atoms with E-state index in [-0.39, 0.29) is 0 Å². The van der Waals surface area contributed by atoms with Crippen LogP contribution in [0.4, 0.5) is 8.78 Å². The first-order valence-electron chi connectivity index (χ1n) is 9.84. The Morgan fingerprint density at radius 1 is 1.15 bits per heavy atom. The van der Waals surface area contributed by atoms with E-state index >= 15 is 0 Å². The third-order valence-electron chi connectivity index (χ3n) is 4.68. The number of hydrogen-bond acceptors (Lipinski definition) is 1. The van der Waals surface area contributed by atoms with Crippen LogP contribution in [0.15, 0.2) is 58.8 Å². The van der Waals surface area contributed by atoms with E-state index in [0.717, 1.165) is 42.5 Å². The van der Waals surface area contributed by atoms with Gasteiger partial charge in [-0.15, -0.1) is 0 Å². The largest absolute Gasteiger partial charge is 0.262 e. The second-order valence-corrected chi connectivity index (χ2v) is 6.95. The highest BCUT2D eigenvalue weighted by molar-refractivity contribution is 6.03. The molecule has 0 spiro atoms. The van der Waals surface area contributed by atoms with Crippen LogP contribution in [0.1, 0.15) is 65.9 Å². The summed E-state index contributed by atoms with van der Waals surface area (Å²) in [4.78, 5) is 4.35. The third-order valence-corrected chi connectivity index (χ3v) is 4.68. The zero-order chi connectivity index (χ0) is 20.4. The van der Waals surface area contributed by atoms with Gasteiger partial charge in [0.05, 0.1) is 0 Å². The van der Waals surface area contributed by atoms with Gasteiger partial charge in [0.15, 0.2) is 0 Å². The van der Waals surface area contributed by atoms with Crippen molar-refractivity contribution in [2.75, 3.05) is 0 Å². The number of benzene rings is 1. The molecule has 148 valence electrons. The normalized spacial score (nSPS) is 15.7. The summed E-state index contributed by atoms with van der Waals surface area (Å²) in [6.45, 7) is 14.3. The van der Waals surface area contributed by atoms with Gasteiger partial charge >= 0.3 is 0 Å². The lowest BCUT2D eigenvalue weighted by Crippen LogP contribution is -2.05. The van der Waals surface area contributed by atoms with E-state index in [1.165, 1.54) is 41.7 Å². The molecule has 0 aliphatic heterocycles. The SMILES string of the molecule is C=CN=C(C)C(/C(=C\C)C1CC1)=C(\C)CC.CCCc1cc(F)cc(F)c1. The van der Waals surface area contributed by atoms with Crippen LogP contribution < -0.4 is 0 Å². The van der Waals surface area contributed by atoms with Gasteiger partial charge in [-0.1, -0.05) is 38.5 Å². The van der Waals surface area contributed by atoms with Gasteiger partial charge in [-0.3, -0.25) is 4.99 Å². The molecule has 1 aromatic carbocycles. The van der Waals surface area contributed by atoms with Crippen molar-refractivity contribution in [3.63, 3.8) is 0 Å². The molecular weight excluding hydrogens is 340 g/mol. The number of aryl methyl sites for hydroxylation is 1. The number of allylic oxidation sites excluding steroid dienone is 4. The zero-order valence-corrected chi connectivity index (χ0v) is 17.4. The molecule has 27 heavy (non-hydrogen) atoms. The van der Waals surface area contributed by atoms with Crippen LogP contribution in [-0.4, -0.2) is 5.71 Å². The topological polar surface area (TPSA) is 12.4 Å². The summed E-state index contributed by atoms with van der Waals surface area (Å²) in [5.41, 5.74) is 6.12. The number of rotatable bonds is 7. The number of hydrogen-bond donors (Lipinski definition) is 0. The van der Waals surface area contributed by atoms with Crippen molar-refractivity contribution in [2.45, 2.75) is 66.7 Å². The first-order chi connectivity index (χ1) is 12.9. The summed E-state index contributed by atoms with van der Waals surface area (Å²) in [5.74, 6) is -0.210. The van der Waals surface area contributed by atoms with Gasteiger partial charge in [-0.05, 0) is 81.2 Å². The van der Waals surface area contributed by atoms with Gasteiger partial charge in [0.2, 0.25) is 0 Å². The molecule has 1 aliphatic rings. The number of nitrogens with zero attached hydrogens (tertiary/aromatic N) is 1. The predicted molar refractivity (Wildman–Crippen MR) is 113 cm³/mol. The van der Waals surface area contributed by atoms with Gasteiger partial charge in [-0.25, -0.2) is 8.78 Å². The quantitative estimate of drug-likeness (QED) is 0.345. The highest BCUT2D eigenvalue weighted by Crippen LogP contribution is 2.41.